The predicted molar refractivity (Wildman–Crippen MR) is 124 cm³/mol. The molecule has 1 amide bonds. The van der Waals surface area contributed by atoms with Gasteiger partial charge in [-0.05, 0) is 23.3 Å². The van der Waals surface area contributed by atoms with E-state index in [1.807, 2.05) is 36.4 Å². The van der Waals surface area contributed by atoms with E-state index in [9.17, 15) is 9.59 Å². The molecule has 0 aliphatic carbocycles. The molecule has 0 saturated carbocycles. The minimum Gasteiger partial charge on any atom is -0.480 e. The molecule has 0 spiro atoms. The number of hydrogen-bond acceptors (Lipinski definition) is 6. The number of hydrogen-bond donors (Lipinski definition) is 3. The molecule has 31 heavy (non-hydrogen) atoms. The highest BCUT2D eigenvalue weighted by atomic mass is 32.2. The smallest absolute Gasteiger partial charge is 0.325 e. The molecule has 1 aromatic heterocycles. The average Bonchev–Trinajstić information content (AvgIpc) is 3.34. The molecule has 8 heteroatoms. The van der Waals surface area contributed by atoms with Crippen LogP contribution in [0.3, 0.4) is 0 Å². The van der Waals surface area contributed by atoms with Crippen LogP contribution in [0, 0.1) is 0 Å². The number of thiol groups is 1. The first-order valence-electron chi connectivity index (χ1n) is 9.52. The number of benzene rings is 2. The Labute approximate surface area is 189 Å². The number of furan rings is 1. The van der Waals surface area contributed by atoms with E-state index in [1.54, 1.807) is 41.3 Å². The second-order valence-electron chi connectivity index (χ2n) is 7.01. The lowest BCUT2D eigenvalue weighted by Gasteiger charge is -2.19. The molecule has 1 fully saturated rings. The largest absolute Gasteiger partial charge is 0.480 e. The Morgan fingerprint density at radius 2 is 1.87 bits per heavy atom. The lowest BCUT2D eigenvalue weighted by atomic mass is 10.0. The molecular formula is C23H20N2O4S2. The normalized spacial score (nSPS) is 18.5. The summed E-state index contributed by atoms with van der Waals surface area (Å²) in [5.41, 5.74) is 7.97. The van der Waals surface area contributed by atoms with Gasteiger partial charge in [0, 0.05) is 18.2 Å². The third kappa shape index (κ3) is 4.71. The zero-order valence-electron chi connectivity index (χ0n) is 16.3. The fraction of sp³-hybridized carbons (Fsp3) is 0.130. The van der Waals surface area contributed by atoms with Crippen LogP contribution < -0.4 is 5.73 Å². The monoisotopic (exact) mass is 452 g/mol. The SMILES string of the molecule is NC(C(=O)O)c1ccc(-c2ccc(/C=C3\SC(S)N(Cc4ccccc4)C3=O)o2)cc1. The van der Waals surface area contributed by atoms with Crippen LogP contribution in [0.5, 0.6) is 0 Å². The van der Waals surface area contributed by atoms with Gasteiger partial charge in [0.25, 0.3) is 5.91 Å². The molecule has 2 heterocycles. The minimum atomic E-state index is -1.08. The first kappa shape index (κ1) is 21.3. The maximum Gasteiger partial charge on any atom is 0.325 e. The summed E-state index contributed by atoms with van der Waals surface area (Å²) < 4.78 is 5.62. The van der Waals surface area contributed by atoms with Gasteiger partial charge in [0.15, 0.2) is 0 Å². The molecule has 6 nitrogen and oxygen atoms in total. The third-order valence-electron chi connectivity index (χ3n) is 4.89. The van der Waals surface area contributed by atoms with Crippen molar-refractivity contribution in [3.05, 3.63) is 88.5 Å². The van der Waals surface area contributed by atoms with E-state index in [2.05, 4.69) is 12.6 Å². The van der Waals surface area contributed by atoms with Crippen LogP contribution in [0.4, 0.5) is 0 Å². The Bertz CT molecular complexity index is 1130. The maximum atomic E-state index is 12.8. The van der Waals surface area contributed by atoms with Gasteiger partial charge < -0.3 is 20.2 Å². The fourth-order valence-corrected chi connectivity index (χ4v) is 4.66. The summed E-state index contributed by atoms with van der Waals surface area (Å²) >= 11 is 5.93. The highest BCUT2D eigenvalue weighted by Gasteiger charge is 2.34. The minimum absolute atomic E-state index is 0.0844. The number of nitrogens with two attached hydrogens (primary N) is 1. The molecule has 1 saturated heterocycles. The Balaban J connectivity index is 1.49. The van der Waals surface area contributed by atoms with E-state index in [-0.39, 0.29) is 10.6 Å². The second kappa shape index (κ2) is 9.05. The summed E-state index contributed by atoms with van der Waals surface area (Å²) in [6.07, 6.45) is 1.72. The number of carbonyl (C=O) groups excluding carboxylic acids is 1. The number of thioether (sulfide) groups is 1. The lowest BCUT2D eigenvalue weighted by molar-refractivity contribution is -0.138. The van der Waals surface area contributed by atoms with E-state index >= 15 is 0 Å². The molecule has 0 bridgehead atoms. The van der Waals surface area contributed by atoms with Crippen LogP contribution >= 0.6 is 24.4 Å². The number of amides is 1. The molecule has 2 aromatic carbocycles. The number of carboxylic acid groups (broad SMARTS) is 1. The van der Waals surface area contributed by atoms with Gasteiger partial charge in [0.1, 0.15) is 22.3 Å². The molecule has 3 aromatic rings. The van der Waals surface area contributed by atoms with Gasteiger partial charge in [0.05, 0.1) is 4.91 Å². The molecule has 2 atom stereocenters. The summed E-state index contributed by atoms with van der Waals surface area (Å²) in [6.45, 7) is 0.492. The van der Waals surface area contributed by atoms with E-state index in [0.29, 0.717) is 28.5 Å². The van der Waals surface area contributed by atoms with Gasteiger partial charge in [-0.15, -0.1) is 12.6 Å². The molecule has 158 valence electrons. The Morgan fingerprint density at radius 1 is 1.16 bits per heavy atom. The predicted octanol–water partition coefficient (Wildman–Crippen LogP) is 4.36. The van der Waals surface area contributed by atoms with Gasteiger partial charge in [-0.3, -0.25) is 9.59 Å². The van der Waals surface area contributed by atoms with Crippen LogP contribution in [0.1, 0.15) is 22.9 Å². The van der Waals surface area contributed by atoms with Crippen LogP contribution in [0.2, 0.25) is 0 Å². The zero-order valence-corrected chi connectivity index (χ0v) is 18.1. The summed E-state index contributed by atoms with van der Waals surface area (Å²) in [7, 11) is 0. The molecule has 3 N–H and O–H groups in total. The summed E-state index contributed by atoms with van der Waals surface area (Å²) in [4.78, 5) is 26.1. The van der Waals surface area contributed by atoms with Gasteiger partial charge in [-0.1, -0.05) is 66.4 Å². The standard InChI is InChI=1S/C23H20N2O4S2/c24-20(22(27)28)16-8-6-15(7-9-16)18-11-10-17(29-18)12-19-21(26)25(23(30)31-19)13-14-4-2-1-3-5-14/h1-12,20,23,30H,13,24H2,(H,27,28)/b19-12-. The number of nitrogens with zero attached hydrogens (tertiary/aromatic N) is 1. The van der Waals surface area contributed by atoms with E-state index in [0.717, 1.165) is 11.1 Å². The van der Waals surface area contributed by atoms with Gasteiger partial charge >= 0.3 is 5.97 Å². The van der Waals surface area contributed by atoms with Crippen LogP contribution in [-0.4, -0.2) is 26.6 Å². The van der Waals surface area contributed by atoms with Crippen molar-refractivity contribution in [1.29, 1.82) is 0 Å². The van der Waals surface area contributed by atoms with Gasteiger partial charge in [-0.2, -0.15) is 0 Å². The first-order chi connectivity index (χ1) is 14.9. The number of rotatable bonds is 6. The highest BCUT2D eigenvalue weighted by molar-refractivity contribution is 8.14. The topological polar surface area (TPSA) is 96.8 Å². The second-order valence-corrected chi connectivity index (χ2v) is 8.97. The maximum absolute atomic E-state index is 12.8. The number of aliphatic carboxylic acids is 1. The number of carbonyl (C=O) groups is 2. The van der Waals surface area contributed by atoms with Crippen molar-refractivity contribution in [1.82, 2.24) is 4.90 Å². The first-order valence-corrected chi connectivity index (χ1v) is 10.9. The summed E-state index contributed by atoms with van der Waals surface area (Å²) in [6, 6.07) is 19.2. The summed E-state index contributed by atoms with van der Waals surface area (Å²) in [5, 5.41) is 9.01. The average molecular weight is 453 g/mol. The molecule has 1 aliphatic rings. The molecular weight excluding hydrogens is 432 g/mol. The van der Waals surface area contributed by atoms with Crippen LogP contribution in [0.25, 0.3) is 17.4 Å². The van der Waals surface area contributed by atoms with Crippen molar-refractivity contribution in [2.45, 2.75) is 17.3 Å². The Morgan fingerprint density at radius 3 is 2.55 bits per heavy atom. The number of carboxylic acids is 1. The molecule has 1 aliphatic heterocycles. The van der Waals surface area contributed by atoms with E-state index in [4.69, 9.17) is 15.3 Å². The van der Waals surface area contributed by atoms with Crippen molar-refractivity contribution in [3.8, 4) is 11.3 Å². The van der Waals surface area contributed by atoms with Crippen molar-refractivity contribution in [2.75, 3.05) is 0 Å². The van der Waals surface area contributed by atoms with Crippen molar-refractivity contribution in [2.24, 2.45) is 5.73 Å². The fourth-order valence-electron chi connectivity index (χ4n) is 3.21. The lowest BCUT2D eigenvalue weighted by Crippen LogP contribution is -2.28. The highest BCUT2D eigenvalue weighted by Crippen LogP contribution is 2.39. The zero-order chi connectivity index (χ0) is 22.0. The van der Waals surface area contributed by atoms with Crippen LogP contribution in [-0.2, 0) is 16.1 Å². The van der Waals surface area contributed by atoms with Crippen molar-refractivity contribution >= 4 is 42.3 Å². The van der Waals surface area contributed by atoms with E-state index < -0.39 is 12.0 Å². The molecule has 4 rings (SSSR count). The Hall–Kier alpha value is -2.94. The van der Waals surface area contributed by atoms with Crippen molar-refractivity contribution in [3.63, 3.8) is 0 Å². The van der Waals surface area contributed by atoms with Gasteiger partial charge in [-0.25, -0.2) is 0 Å². The van der Waals surface area contributed by atoms with Crippen molar-refractivity contribution < 1.29 is 19.1 Å². The van der Waals surface area contributed by atoms with Crippen LogP contribution in [0.15, 0.2) is 76.1 Å². The quantitative estimate of drug-likeness (QED) is 0.380. The van der Waals surface area contributed by atoms with Gasteiger partial charge in [0.2, 0.25) is 0 Å². The third-order valence-corrected chi connectivity index (χ3v) is 6.49. The Kier molecular flexibility index (Phi) is 6.22. The van der Waals surface area contributed by atoms with E-state index in [1.165, 1.54) is 11.8 Å². The molecule has 2 unspecified atom stereocenters. The summed E-state index contributed by atoms with van der Waals surface area (Å²) in [5.74, 6) is 0.00146. The molecule has 0 radical (unpaired) electrons.